The number of ketones is 3. The third-order valence-electron chi connectivity index (χ3n) is 1.77. The highest BCUT2D eigenvalue weighted by atomic mass is 16.2. The first-order valence-corrected chi connectivity index (χ1v) is 4.00. The largest absolute Gasteiger partial charge is 0.290 e. The Bertz CT molecular complexity index is 250. The second-order valence-electron chi connectivity index (χ2n) is 2.76. The predicted molar refractivity (Wildman–Crippen MR) is 42.6 cm³/mol. The van der Waals surface area contributed by atoms with E-state index in [2.05, 4.69) is 0 Å². The number of rotatable bonds is 0. The molecule has 0 aliphatic heterocycles. The van der Waals surface area contributed by atoms with Crippen LogP contribution in [0.15, 0.2) is 12.2 Å². The van der Waals surface area contributed by atoms with Gasteiger partial charge in [0.15, 0.2) is 0 Å². The molecule has 0 N–H and O–H groups in total. The molecule has 0 atom stereocenters. The summed E-state index contributed by atoms with van der Waals surface area (Å²) in [4.78, 5) is 32.7. The van der Waals surface area contributed by atoms with Gasteiger partial charge in [-0.3, -0.25) is 14.4 Å². The Balaban J connectivity index is 2.75. The summed E-state index contributed by atoms with van der Waals surface area (Å²) in [6.07, 6.45) is 5.40. The molecule has 0 bridgehead atoms. The highest BCUT2D eigenvalue weighted by molar-refractivity contribution is 6.66. The van der Waals surface area contributed by atoms with Crippen LogP contribution in [-0.4, -0.2) is 17.3 Å². The van der Waals surface area contributed by atoms with Crippen molar-refractivity contribution in [3.63, 3.8) is 0 Å². The van der Waals surface area contributed by atoms with E-state index in [4.69, 9.17) is 0 Å². The monoisotopic (exact) mass is 166 g/mol. The zero-order valence-corrected chi connectivity index (χ0v) is 6.71. The second kappa shape index (κ2) is 3.95. The molecule has 0 saturated carbocycles. The van der Waals surface area contributed by atoms with Gasteiger partial charge in [-0.1, -0.05) is 6.08 Å². The van der Waals surface area contributed by atoms with E-state index in [1.54, 1.807) is 6.08 Å². The van der Waals surface area contributed by atoms with Crippen LogP contribution in [0.3, 0.4) is 0 Å². The van der Waals surface area contributed by atoms with Gasteiger partial charge in [-0.25, -0.2) is 0 Å². The number of Topliss-reactive ketones (excluding diaryl/α,β-unsaturated/α-hetero) is 2. The van der Waals surface area contributed by atoms with E-state index in [1.165, 1.54) is 6.08 Å². The van der Waals surface area contributed by atoms with Gasteiger partial charge in [0.05, 0.1) is 0 Å². The molecule has 0 aromatic heterocycles. The molecule has 0 heterocycles. The Labute approximate surface area is 70.4 Å². The lowest BCUT2D eigenvalue weighted by molar-refractivity contribution is -0.142. The van der Waals surface area contributed by atoms with Crippen molar-refractivity contribution in [3.8, 4) is 0 Å². The van der Waals surface area contributed by atoms with Crippen molar-refractivity contribution >= 4 is 17.3 Å². The molecule has 64 valence electrons. The van der Waals surface area contributed by atoms with E-state index in [-0.39, 0.29) is 6.42 Å². The molecule has 3 nitrogen and oxygen atoms in total. The molecule has 0 saturated heterocycles. The quantitative estimate of drug-likeness (QED) is 0.501. The first-order chi connectivity index (χ1) is 5.72. The summed E-state index contributed by atoms with van der Waals surface area (Å²) in [5.41, 5.74) is 0. The fourth-order valence-corrected chi connectivity index (χ4v) is 1.06. The number of hydrogen-bond donors (Lipinski definition) is 0. The van der Waals surface area contributed by atoms with Crippen LogP contribution >= 0.6 is 0 Å². The van der Waals surface area contributed by atoms with Crippen molar-refractivity contribution in [2.24, 2.45) is 0 Å². The maximum Gasteiger partial charge on any atom is 0.268 e. The lowest BCUT2D eigenvalue weighted by Crippen LogP contribution is -2.21. The lowest BCUT2D eigenvalue weighted by Gasteiger charge is -1.93. The SMILES string of the molecule is O=C1/C=C\CCCCC(=O)C1=O. The Hall–Kier alpha value is -1.25. The third-order valence-corrected chi connectivity index (χ3v) is 1.77. The second-order valence-corrected chi connectivity index (χ2v) is 2.76. The summed E-state index contributed by atoms with van der Waals surface area (Å²) in [6, 6.07) is 0. The van der Waals surface area contributed by atoms with Crippen LogP contribution in [-0.2, 0) is 14.4 Å². The van der Waals surface area contributed by atoms with Gasteiger partial charge in [-0.05, 0) is 25.3 Å². The molecule has 0 fully saturated rings. The topological polar surface area (TPSA) is 51.2 Å². The minimum atomic E-state index is -0.867. The van der Waals surface area contributed by atoms with Crippen molar-refractivity contribution in [3.05, 3.63) is 12.2 Å². The maximum atomic E-state index is 10.9. The molecule has 0 amide bonds. The molecule has 0 spiro atoms. The van der Waals surface area contributed by atoms with Gasteiger partial charge in [0.25, 0.3) is 5.78 Å². The fraction of sp³-hybridized carbons (Fsp3) is 0.444. The lowest BCUT2D eigenvalue weighted by atomic mass is 10.1. The minimum Gasteiger partial charge on any atom is -0.290 e. The Morgan fingerprint density at radius 1 is 1.08 bits per heavy atom. The average Bonchev–Trinajstić information content (AvgIpc) is 2.12. The molecular formula is C9H10O3. The van der Waals surface area contributed by atoms with Crippen molar-refractivity contribution in [2.75, 3.05) is 0 Å². The van der Waals surface area contributed by atoms with Crippen LogP contribution in [0, 0.1) is 0 Å². The predicted octanol–water partition coefficient (Wildman–Crippen LogP) is 0.824. The van der Waals surface area contributed by atoms with Crippen LogP contribution in [0.25, 0.3) is 0 Å². The van der Waals surface area contributed by atoms with Crippen molar-refractivity contribution < 1.29 is 14.4 Å². The van der Waals surface area contributed by atoms with E-state index < -0.39 is 17.3 Å². The Kier molecular flexibility index (Phi) is 2.91. The normalized spacial score (nSPS) is 22.8. The van der Waals surface area contributed by atoms with Crippen LogP contribution < -0.4 is 0 Å². The summed E-state index contributed by atoms with van der Waals surface area (Å²) < 4.78 is 0. The zero-order chi connectivity index (χ0) is 8.97. The van der Waals surface area contributed by atoms with Gasteiger partial charge in [-0.2, -0.15) is 0 Å². The molecule has 0 aromatic rings. The van der Waals surface area contributed by atoms with Crippen LogP contribution in [0.1, 0.15) is 25.7 Å². The van der Waals surface area contributed by atoms with Gasteiger partial charge in [0, 0.05) is 6.42 Å². The summed E-state index contributed by atoms with van der Waals surface area (Å²) in [5, 5.41) is 0. The average molecular weight is 166 g/mol. The van der Waals surface area contributed by atoms with Crippen LogP contribution in [0.4, 0.5) is 0 Å². The molecule has 1 aliphatic carbocycles. The highest BCUT2D eigenvalue weighted by Crippen LogP contribution is 2.05. The molecule has 1 aliphatic rings. The Morgan fingerprint density at radius 3 is 2.58 bits per heavy atom. The van der Waals surface area contributed by atoms with Gasteiger partial charge < -0.3 is 0 Å². The number of carbonyl (C=O) groups excluding carboxylic acids is 3. The molecular weight excluding hydrogens is 156 g/mol. The van der Waals surface area contributed by atoms with Gasteiger partial charge in [0.2, 0.25) is 11.6 Å². The zero-order valence-electron chi connectivity index (χ0n) is 6.71. The van der Waals surface area contributed by atoms with Crippen LogP contribution in [0.5, 0.6) is 0 Å². The van der Waals surface area contributed by atoms with E-state index in [1.807, 2.05) is 0 Å². The van der Waals surface area contributed by atoms with Crippen molar-refractivity contribution in [1.82, 2.24) is 0 Å². The molecule has 0 unspecified atom stereocenters. The maximum absolute atomic E-state index is 10.9. The van der Waals surface area contributed by atoms with Crippen molar-refractivity contribution in [1.29, 1.82) is 0 Å². The first-order valence-electron chi connectivity index (χ1n) is 4.00. The molecule has 0 radical (unpaired) electrons. The Morgan fingerprint density at radius 2 is 1.83 bits per heavy atom. The third kappa shape index (κ3) is 2.12. The summed E-state index contributed by atoms with van der Waals surface area (Å²) in [6.45, 7) is 0. The van der Waals surface area contributed by atoms with Crippen molar-refractivity contribution in [2.45, 2.75) is 25.7 Å². The molecule has 12 heavy (non-hydrogen) atoms. The smallest absolute Gasteiger partial charge is 0.268 e. The number of carbonyl (C=O) groups is 3. The molecule has 3 heteroatoms. The summed E-state index contributed by atoms with van der Waals surface area (Å²) in [5.74, 6) is -2.10. The van der Waals surface area contributed by atoms with Gasteiger partial charge >= 0.3 is 0 Å². The van der Waals surface area contributed by atoms with E-state index >= 15 is 0 Å². The van der Waals surface area contributed by atoms with E-state index in [0.29, 0.717) is 6.42 Å². The fourth-order valence-electron chi connectivity index (χ4n) is 1.06. The summed E-state index contributed by atoms with van der Waals surface area (Å²) in [7, 11) is 0. The highest BCUT2D eigenvalue weighted by Gasteiger charge is 2.19. The van der Waals surface area contributed by atoms with Gasteiger partial charge in [0.1, 0.15) is 0 Å². The number of allylic oxidation sites excluding steroid dienone is 2. The first kappa shape index (κ1) is 8.84. The van der Waals surface area contributed by atoms with Gasteiger partial charge in [-0.15, -0.1) is 0 Å². The van der Waals surface area contributed by atoms with E-state index in [0.717, 1.165) is 12.8 Å². The minimum absolute atomic E-state index is 0.215. The molecule has 0 aromatic carbocycles. The summed E-state index contributed by atoms with van der Waals surface area (Å²) >= 11 is 0. The van der Waals surface area contributed by atoms with E-state index in [9.17, 15) is 14.4 Å². The standard InChI is InChI=1S/C9H10O3/c10-7-5-3-1-2-4-6-8(11)9(7)12/h3,5H,1-2,4,6H2/b5-3-. The molecule has 1 rings (SSSR count). The number of hydrogen-bond acceptors (Lipinski definition) is 3. The van der Waals surface area contributed by atoms with Crippen LogP contribution in [0.2, 0.25) is 0 Å².